The number of aromatic nitrogens is 4. The van der Waals surface area contributed by atoms with Crippen LogP contribution in [-0.4, -0.2) is 38.0 Å². The number of pyridine rings is 2. The molecule has 1 saturated heterocycles. The molecule has 0 saturated carbocycles. The van der Waals surface area contributed by atoms with Gasteiger partial charge in [-0.1, -0.05) is 23.7 Å². The van der Waals surface area contributed by atoms with Gasteiger partial charge in [0.05, 0.1) is 23.1 Å². The molecule has 1 aliphatic rings. The zero-order chi connectivity index (χ0) is 21.9. The number of hydrogen-bond acceptors (Lipinski definition) is 6. The monoisotopic (exact) mass is 466 g/mol. The number of thioether (sulfide) groups is 1. The quantitative estimate of drug-likeness (QED) is 0.329. The number of para-hydroxylation sites is 1. The summed E-state index contributed by atoms with van der Waals surface area (Å²) in [6.45, 7) is 3.17. The van der Waals surface area contributed by atoms with Gasteiger partial charge in [-0.2, -0.15) is 0 Å². The van der Waals surface area contributed by atoms with E-state index in [0.717, 1.165) is 63.7 Å². The first kappa shape index (κ1) is 21.2. The fourth-order valence-electron chi connectivity index (χ4n) is 3.88. The van der Waals surface area contributed by atoms with E-state index in [0.29, 0.717) is 17.7 Å². The molecule has 0 bridgehead atoms. The molecule has 0 spiro atoms. The van der Waals surface area contributed by atoms with E-state index in [2.05, 4.69) is 9.97 Å². The van der Waals surface area contributed by atoms with E-state index >= 15 is 0 Å². The lowest BCUT2D eigenvalue weighted by molar-refractivity contribution is 0.129. The minimum Gasteiger partial charge on any atom is -0.487 e. The van der Waals surface area contributed by atoms with Crippen LogP contribution in [0.3, 0.4) is 0 Å². The van der Waals surface area contributed by atoms with E-state index in [9.17, 15) is 0 Å². The molecule has 1 atom stereocenters. The van der Waals surface area contributed by atoms with Gasteiger partial charge < -0.3 is 14.0 Å². The molecular formula is C24H23ClN4O2S. The molecule has 0 unspecified atom stereocenters. The number of nitrogens with zero attached hydrogens (tertiary/aromatic N) is 4. The number of imidazole rings is 1. The largest absolute Gasteiger partial charge is 0.487 e. The van der Waals surface area contributed by atoms with E-state index in [1.54, 1.807) is 30.5 Å². The maximum atomic E-state index is 6.51. The summed E-state index contributed by atoms with van der Waals surface area (Å²) in [7, 11) is 0. The molecule has 4 heterocycles. The van der Waals surface area contributed by atoms with Crippen LogP contribution in [0.1, 0.15) is 24.1 Å². The Labute approximate surface area is 196 Å². The molecule has 1 aliphatic heterocycles. The Hall–Kier alpha value is -2.61. The van der Waals surface area contributed by atoms with Gasteiger partial charge in [-0.05, 0) is 31.9 Å². The molecule has 6 nitrogen and oxygen atoms in total. The third kappa shape index (κ3) is 4.46. The van der Waals surface area contributed by atoms with Crippen LogP contribution in [0.4, 0.5) is 0 Å². The van der Waals surface area contributed by atoms with Crippen LogP contribution < -0.4 is 4.74 Å². The lowest BCUT2D eigenvalue weighted by Crippen LogP contribution is -2.08. The summed E-state index contributed by atoms with van der Waals surface area (Å²) < 4.78 is 14.0. The van der Waals surface area contributed by atoms with Crippen molar-refractivity contribution in [3.63, 3.8) is 0 Å². The number of benzene rings is 1. The van der Waals surface area contributed by atoms with Crippen LogP contribution in [0.5, 0.6) is 5.75 Å². The summed E-state index contributed by atoms with van der Waals surface area (Å²) in [4.78, 5) is 14.2. The van der Waals surface area contributed by atoms with Crippen LogP contribution in [0.15, 0.2) is 60.3 Å². The minimum absolute atomic E-state index is 0.291. The highest BCUT2D eigenvalue weighted by Gasteiger charge is 2.18. The van der Waals surface area contributed by atoms with Gasteiger partial charge in [0.25, 0.3) is 0 Å². The maximum Gasteiger partial charge on any atom is 0.146 e. The van der Waals surface area contributed by atoms with Gasteiger partial charge in [0.1, 0.15) is 17.9 Å². The van der Waals surface area contributed by atoms with Crippen LogP contribution in [0, 0.1) is 6.92 Å². The Morgan fingerprint density at radius 2 is 2.22 bits per heavy atom. The van der Waals surface area contributed by atoms with Crippen molar-refractivity contribution < 1.29 is 9.47 Å². The highest BCUT2D eigenvalue weighted by molar-refractivity contribution is 7.99. The van der Waals surface area contributed by atoms with Gasteiger partial charge in [0, 0.05) is 58.7 Å². The molecule has 0 radical (unpaired) electrons. The number of ether oxygens (including phenoxy) is 2. The highest BCUT2D eigenvalue weighted by atomic mass is 35.5. The van der Waals surface area contributed by atoms with Crippen molar-refractivity contribution in [2.24, 2.45) is 0 Å². The first-order chi connectivity index (χ1) is 15.7. The molecule has 164 valence electrons. The van der Waals surface area contributed by atoms with Crippen LogP contribution >= 0.6 is 23.4 Å². The Bertz CT molecular complexity index is 1230. The number of fused-ring (bicyclic) bond motifs is 1. The van der Waals surface area contributed by atoms with Crippen molar-refractivity contribution in [1.29, 1.82) is 0 Å². The molecule has 5 rings (SSSR count). The number of aryl methyl sites for hydroxylation is 1. The lowest BCUT2D eigenvalue weighted by atomic mass is 10.1. The molecule has 4 aromatic rings. The second kappa shape index (κ2) is 9.48. The van der Waals surface area contributed by atoms with Crippen molar-refractivity contribution >= 4 is 34.3 Å². The van der Waals surface area contributed by atoms with E-state index in [1.807, 2.05) is 48.1 Å². The third-order valence-corrected chi connectivity index (χ3v) is 7.00. The molecule has 8 heteroatoms. The van der Waals surface area contributed by atoms with Gasteiger partial charge in [-0.15, -0.1) is 11.8 Å². The molecule has 3 aromatic heterocycles. The fraction of sp³-hybridized carbons (Fsp3) is 0.292. The number of halogens is 1. The second-order valence-electron chi connectivity index (χ2n) is 7.74. The van der Waals surface area contributed by atoms with Crippen LogP contribution in [-0.2, 0) is 11.3 Å². The smallest absolute Gasteiger partial charge is 0.146 e. The molecule has 0 amide bonds. The Balaban J connectivity index is 1.42. The third-order valence-electron chi connectivity index (χ3n) is 5.48. The molecule has 0 N–H and O–H groups in total. The van der Waals surface area contributed by atoms with Crippen molar-refractivity contribution in [2.45, 2.75) is 37.4 Å². The van der Waals surface area contributed by atoms with Gasteiger partial charge in [-0.25, -0.2) is 9.97 Å². The number of hydrogen-bond donors (Lipinski definition) is 0. The maximum absolute atomic E-state index is 6.51. The van der Waals surface area contributed by atoms with Crippen LogP contribution in [0.2, 0.25) is 5.02 Å². The predicted octanol–water partition coefficient (Wildman–Crippen LogP) is 5.63. The van der Waals surface area contributed by atoms with E-state index < -0.39 is 0 Å². The summed E-state index contributed by atoms with van der Waals surface area (Å²) in [5.74, 6) is 1.61. The Morgan fingerprint density at radius 1 is 1.28 bits per heavy atom. The minimum atomic E-state index is 0.291. The summed E-state index contributed by atoms with van der Waals surface area (Å²) >= 11 is 8.24. The Morgan fingerprint density at radius 3 is 3.03 bits per heavy atom. The molecule has 0 aliphatic carbocycles. The fourth-order valence-corrected chi connectivity index (χ4v) is 5.25. The van der Waals surface area contributed by atoms with Gasteiger partial charge in [0.2, 0.25) is 0 Å². The first-order valence-electron chi connectivity index (χ1n) is 10.6. The summed E-state index contributed by atoms with van der Waals surface area (Å²) in [6, 6.07) is 8.02. The van der Waals surface area contributed by atoms with Crippen molar-refractivity contribution in [3.05, 3.63) is 71.7 Å². The van der Waals surface area contributed by atoms with Gasteiger partial charge >= 0.3 is 0 Å². The summed E-state index contributed by atoms with van der Waals surface area (Å²) in [5.41, 5.74) is 3.68. The molecule has 1 fully saturated rings. The zero-order valence-corrected chi connectivity index (χ0v) is 19.3. The van der Waals surface area contributed by atoms with Crippen molar-refractivity contribution in [1.82, 2.24) is 19.5 Å². The zero-order valence-electron chi connectivity index (χ0n) is 17.7. The van der Waals surface area contributed by atoms with Gasteiger partial charge in [-0.3, -0.25) is 4.98 Å². The molecule has 1 aromatic carbocycles. The molecular weight excluding hydrogens is 444 g/mol. The standard InChI is InChI=1S/C24H23ClN4O2S/c1-16-10-21(29-8-7-26-15-29)18-5-2-6-22(24(18)28-16)31-13-19-20(25)11-27-12-23(19)32-14-17-4-3-9-30-17/h2,5-8,10-12,15,17H,3-4,9,13-14H2,1H3/t17-/m1/s1. The topological polar surface area (TPSA) is 62.1 Å². The molecule has 32 heavy (non-hydrogen) atoms. The predicted molar refractivity (Wildman–Crippen MR) is 127 cm³/mol. The normalized spacial score (nSPS) is 16.0. The summed E-state index contributed by atoms with van der Waals surface area (Å²) in [5, 5.41) is 1.60. The summed E-state index contributed by atoms with van der Waals surface area (Å²) in [6.07, 6.45) is 11.5. The lowest BCUT2D eigenvalue weighted by Gasteiger charge is -2.15. The highest BCUT2D eigenvalue weighted by Crippen LogP contribution is 2.33. The average Bonchev–Trinajstić information content (AvgIpc) is 3.51. The van der Waals surface area contributed by atoms with E-state index in [-0.39, 0.29) is 0 Å². The van der Waals surface area contributed by atoms with Crippen molar-refractivity contribution in [3.8, 4) is 11.4 Å². The SMILES string of the molecule is Cc1cc(-n2ccnc2)c2cccc(OCc3c(Cl)cncc3SC[C@H]3CCCO3)c2n1. The van der Waals surface area contributed by atoms with E-state index in [1.165, 1.54) is 0 Å². The Kier molecular flexibility index (Phi) is 6.30. The van der Waals surface area contributed by atoms with E-state index in [4.69, 9.17) is 26.1 Å². The first-order valence-corrected chi connectivity index (χ1v) is 11.9. The number of rotatable bonds is 7. The average molecular weight is 467 g/mol. The van der Waals surface area contributed by atoms with Crippen LogP contribution in [0.25, 0.3) is 16.6 Å². The second-order valence-corrected chi connectivity index (χ2v) is 9.21. The van der Waals surface area contributed by atoms with Gasteiger partial charge in [0.15, 0.2) is 0 Å². The van der Waals surface area contributed by atoms with Crippen molar-refractivity contribution in [2.75, 3.05) is 12.4 Å².